The molecule has 2 nitrogen and oxygen atoms in total. The molecular weight excluding hydrogens is 220 g/mol. The van der Waals surface area contributed by atoms with E-state index < -0.39 is 0 Å². The smallest absolute Gasteiger partial charge is 0.101 e. The first-order valence-electron chi connectivity index (χ1n) is 6.03. The van der Waals surface area contributed by atoms with E-state index in [0.29, 0.717) is 5.56 Å². The van der Waals surface area contributed by atoms with Crippen molar-refractivity contribution in [3.63, 3.8) is 0 Å². The van der Waals surface area contributed by atoms with E-state index in [-0.39, 0.29) is 6.04 Å². The molecule has 0 fully saturated rings. The predicted molar refractivity (Wildman–Crippen MR) is 74.4 cm³/mol. The molecule has 2 heteroatoms. The van der Waals surface area contributed by atoms with E-state index >= 15 is 0 Å². The first-order valence-corrected chi connectivity index (χ1v) is 6.03. The van der Waals surface area contributed by atoms with Crippen LogP contribution in [0.3, 0.4) is 0 Å². The molecular formula is C16H16N2. The summed E-state index contributed by atoms with van der Waals surface area (Å²) in [5.41, 5.74) is 3.93. The summed E-state index contributed by atoms with van der Waals surface area (Å²) in [4.78, 5) is 0. The summed E-state index contributed by atoms with van der Waals surface area (Å²) in [6.45, 7) is 4.11. The van der Waals surface area contributed by atoms with Gasteiger partial charge in [-0.15, -0.1) is 0 Å². The zero-order valence-corrected chi connectivity index (χ0v) is 10.6. The molecule has 0 aliphatic rings. The van der Waals surface area contributed by atoms with Crippen LogP contribution in [0.25, 0.3) is 0 Å². The SMILES string of the molecule is Cc1cccc(C#N)c1NC(C)c1ccccc1. The van der Waals surface area contributed by atoms with Gasteiger partial charge >= 0.3 is 0 Å². The second-order valence-corrected chi connectivity index (χ2v) is 4.39. The van der Waals surface area contributed by atoms with Crippen molar-refractivity contribution in [2.45, 2.75) is 19.9 Å². The lowest BCUT2D eigenvalue weighted by molar-refractivity contribution is 0.882. The van der Waals surface area contributed by atoms with Crippen LogP contribution in [-0.2, 0) is 0 Å². The van der Waals surface area contributed by atoms with Gasteiger partial charge in [0.05, 0.1) is 11.3 Å². The number of nitriles is 1. The lowest BCUT2D eigenvalue weighted by atomic mass is 10.0. The van der Waals surface area contributed by atoms with Crippen molar-refractivity contribution in [3.05, 3.63) is 65.2 Å². The fraction of sp³-hybridized carbons (Fsp3) is 0.188. The van der Waals surface area contributed by atoms with Gasteiger partial charge in [0.2, 0.25) is 0 Å². The summed E-state index contributed by atoms with van der Waals surface area (Å²) >= 11 is 0. The van der Waals surface area contributed by atoms with Gasteiger partial charge in [-0.2, -0.15) is 5.26 Å². The molecule has 2 rings (SSSR count). The van der Waals surface area contributed by atoms with Crippen LogP contribution in [0.5, 0.6) is 0 Å². The fourth-order valence-corrected chi connectivity index (χ4v) is 1.99. The largest absolute Gasteiger partial charge is 0.377 e. The highest BCUT2D eigenvalue weighted by Gasteiger charge is 2.09. The molecule has 0 aliphatic carbocycles. The number of para-hydroxylation sites is 1. The van der Waals surface area contributed by atoms with E-state index in [1.54, 1.807) is 0 Å². The second kappa shape index (κ2) is 5.37. The Kier molecular flexibility index (Phi) is 3.64. The van der Waals surface area contributed by atoms with Crippen molar-refractivity contribution in [1.82, 2.24) is 0 Å². The topological polar surface area (TPSA) is 35.8 Å². The van der Waals surface area contributed by atoms with Crippen molar-refractivity contribution in [2.24, 2.45) is 0 Å². The first-order chi connectivity index (χ1) is 8.72. The Morgan fingerprint density at radius 1 is 1.06 bits per heavy atom. The zero-order chi connectivity index (χ0) is 13.0. The molecule has 0 radical (unpaired) electrons. The van der Waals surface area contributed by atoms with Crippen LogP contribution >= 0.6 is 0 Å². The summed E-state index contributed by atoms with van der Waals surface area (Å²) in [7, 11) is 0. The molecule has 0 spiro atoms. The highest BCUT2D eigenvalue weighted by atomic mass is 14.9. The normalized spacial score (nSPS) is 11.6. The average molecular weight is 236 g/mol. The third-order valence-electron chi connectivity index (χ3n) is 3.05. The molecule has 90 valence electrons. The van der Waals surface area contributed by atoms with Crippen molar-refractivity contribution < 1.29 is 0 Å². The third kappa shape index (κ3) is 2.52. The third-order valence-corrected chi connectivity index (χ3v) is 3.05. The van der Waals surface area contributed by atoms with E-state index in [1.165, 1.54) is 5.56 Å². The van der Waals surface area contributed by atoms with E-state index in [4.69, 9.17) is 5.26 Å². The molecule has 18 heavy (non-hydrogen) atoms. The minimum Gasteiger partial charge on any atom is -0.377 e. The van der Waals surface area contributed by atoms with Crippen LogP contribution in [-0.4, -0.2) is 0 Å². The lowest BCUT2D eigenvalue weighted by Crippen LogP contribution is -2.08. The maximum Gasteiger partial charge on any atom is 0.101 e. The monoisotopic (exact) mass is 236 g/mol. The summed E-state index contributed by atoms with van der Waals surface area (Å²) in [6.07, 6.45) is 0. The summed E-state index contributed by atoms with van der Waals surface area (Å²) < 4.78 is 0. The number of benzene rings is 2. The van der Waals surface area contributed by atoms with Gasteiger partial charge in [0.1, 0.15) is 6.07 Å². The molecule has 2 aromatic rings. The number of rotatable bonds is 3. The molecule has 0 heterocycles. The minimum atomic E-state index is 0.180. The first kappa shape index (κ1) is 12.2. The molecule has 1 atom stereocenters. The quantitative estimate of drug-likeness (QED) is 0.873. The van der Waals surface area contributed by atoms with Crippen LogP contribution in [0.1, 0.15) is 29.7 Å². The average Bonchev–Trinajstić information content (AvgIpc) is 2.42. The van der Waals surface area contributed by atoms with Crippen molar-refractivity contribution in [1.29, 1.82) is 5.26 Å². The fourth-order valence-electron chi connectivity index (χ4n) is 1.99. The van der Waals surface area contributed by atoms with Gasteiger partial charge in [-0.1, -0.05) is 42.5 Å². The van der Waals surface area contributed by atoms with Crippen molar-refractivity contribution in [2.75, 3.05) is 5.32 Å². The van der Waals surface area contributed by atoms with Crippen LogP contribution in [0, 0.1) is 18.3 Å². The predicted octanol–water partition coefficient (Wildman–Crippen LogP) is 4.04. The Balaban J connectivity index is 2.28. The number of hydrogen-bond donors (Lipinski definition) is 1. The molecule has 0 saturated heterocycles. The van der Waals surface area contributed by atoms with Gasteiger partial charge in [0.15, 0.2) is 0 Å². The summed E-state index contributed by atoms with van der Waals surface area (Å²) in [6, 6.07) is 18.4. The van der Waals surface area contributed by atoms with Crippen LogP contribution in [0.15, 0.2) is 48.5 Å². The molecule has 0 bridgehead atoms. The van der Waals surface area contributed by atoms with Gasteiger partial charge < -0.3 is 5.32 Å². The van der Waals surface area contributed by atoms with Gasteiger partial charge in [-0.25, -0.2) is 0 Å². The highest BCUT2D eigenvalue weighted by Crippen LogP contribution is 2.25. The number of hydrogen-bond acceptors (Lipinski definition) is 2. The van der Waals surface area contributed by atoms with Crippen molar-refractivity contribution >= 4 is 5.69 Å². The molecule has 2 aromatic carbocycles. The summed E-state index contributed by atoms with van der Waals surface area (Å²) in [5, 5.41) is 12.6. The van der Waals surface area contributed by atoms with Crippen LogP contribution in [0.4, 0.5) is 5.69 Å². The van der Waals surface area contributed by atoms with Crippen molar-refractivity contribution in [3.8, 4) is 6.07 Å². The van der Waals surface area contributed by atoms with Gasteiger partial charge in [0, 0.05) is 6.04 Å². The molecule has 0 aliphatic heterocycles. The molecule has 1 N–H and O–H groups in total. The Morgan fingerprint density at radius 2 is 1.78 bits per heavy atom. The minimum absolute atomic E-state index is 0.180. The van der Waals surface area contributed by atoms with Crippen LogP contribution in [0.2, 0.25) is 0 Å². The Morgan fingerprint density at radius 3 is 2.44 bits per heavy atom. The molecule has 0 aromatic heterocycles. The zero-order valence-electron chi connectivity index (χ0n) is 10.6. The summed E-state index contributed by atoms with van der Waals surface area (Å²) in [5.74, 6) is 0. The maximum absolute atomic E-state index is 9.14. The van der Waals surface area contributed by atoms with E-state index in [9.17, 15) is 0 Å². The Hall–Kier alpha value is -2.27. The molecule has 0 amide bonds. The highest BCUT2D eigenvalue weighted by molar-refractivity contribution is 5.63. The second-order valence-electron chi connectivity index (χ2n) is 4.39. The Bertz CT molecular complexity index is 567. The van der Waals surface area contributed by atoms with Gasteiger partial charge in [-0.3, -0.25) is 0 Å². The van der Waals surface area contributed by atoms with E-state index in [2.05, 4.69) is 30.4 Å². The number of nitrogens with one attached hydrogen (secondary N) is 1. The number of nitrogens with zero attached hydrogens (tertiary/aromatic N) is 1. The standard InChI is InChI=1S/C16H16N2/c1-12-7-6-10-15(11-17)16(12)18-13(2)14-8-4-3-5-9-14/h3-10,13,18H,1-2H3. The lowest BCUT2D eigenvalue weighted by Gasteiger charge is -2.18. The molecule has 1 unspecified atom stereocenters. The van der Waals surface area contributed by atoms with E-state index in [0.717, 1.165) is 11.3 Å². The van der Waals surface area contributed by atoms with Crippen LogP contribution < -0.4 is 5.32 Å². The maximum atomic E-state index is 9.14. The number of aryl methyl sites for hydroxylation is 1. The van der Waals surface area contributed by atoms with E-state index in [1.807, 2.05) is 43.3 Å². The number of anilines is 1. The van der Waals surface area contributed by atoms with Gasteiger partial charge in [-0.05, 0) is 31.0 Å². The molecule has 0 saturated carbocycles. The van der Waals surface area contributed by atoms with Gasteiger partial charge in [0.25, 0.3) is 0 Å². The Labute approximate surface area is 108 Å².